The lowest BCUT2D eigenvalue weighted by Crippen LogP contribution is -2.60. The standard InChI is InChI=1S/C47H59N5O9S/c1-9-30-27-47(30,42(55)51-62(57,58)46(22-23-46)31-18-14-11-15-19-31)50-40(53)37-25-33(28-52(37)41(54)39(44(2,3)4)49-43(56)61-45(5,6)7)60-38-26-35(29-16-12-10-13-17-29)48-36-24-32(59-8)20-21-34(36)38/h9-10,12-13,16-18,20-21,24,26,30,33,37,39H,1,11,14-15,19,22-23,25,27-28H2,2-8H3,(H,49,56)(H,50,53)(H,51,55)/t30?,33-,37+,39-,47?/m1/s1. The van der Waals surface area contributed by atoms with Crippen LogP contribution >= 0.6 is 0 Å². The van der Waals surface area contributed by atoms with Crippen molar-refractivity contribution in [2.75, 3.05) is 13.7 Å². The lowest BCUT2D eigenvalue weighted by Gasteiger charge is -2.36. The van der Waals surface area contributed by atoms with E-state index in [2.05, 4.69) is 21.9 Å². The maximum absolute atomic E-state index is 14.8. The van der Waals surface area contributed by atoms with Gasteiger partial charge in [0.05, 0.1) is 24.9 Å². The van der Waals surface area contributed by atoms with Crippen LogP contribution in [0.1, 0.15) is 92.9 Å². The Morgan fingerprint density at radius 3 is 2.32 bits per heavy atom. The van der Waals surface area contributed by atoms with Crippen LogP contribution in [0, 0.1) is 11.3 Å². The number of methoxy groups -OCH3 is 1. The van der Waals surface area contributed by atoms with E-state index in [9.17, 15) is 27.6 Å². The van der Waals surface area contributed by atoms with Gasteiger partial charge in [-0.15, -0.1) is 6.58 Å². The van der Waals surface area contributed by atoms with E-state index < -0.39 is 79.2 Å². The molecule has 0 radical (unpaired) electrons. The molecule has 2 saturated carbocycles. The first-order valence-corrected chi connectivity index (χ1v) is 22.9. The Kier molecular flexibility index (Phi) is 12.0. The number of amides is 4. The third kappa shape index (κ3) is 9.04. The van der Waals surface area contributed by atoms with Gasteiger partial charge >= 0.3 is 6.09 Å². The number of carbonyl (C=O) groups is 4. The Balaban J connectivity index is 1.21. The molecule has 2 aromatic carbocycles. The van der Waals surface area contributed by atoms with Crippen LogP contribution in [0.4, 0.5) is 4.79 Å². The van der Waals surface area contributed by atoms with Gasteiger partial charge in [-0.2, -0.15) is 0 Å². The maximum atomic E-state index is 14.8. The van der Waals surface area contributed by atoms with Gasteiger partial charge in [-0.25, -0.2) is 18.2 Å². The molecule has 3 N–H and O–H groups in total. The van der Waals surface area contributed by atoms with Crippen LogP contribution in [-0.4, -0.2) is 89.8 Å². The summed E-state index contributed by atoms with van der Waals surface area (Å²) in [6, 6.07) is 14.5. The number of aromatic nitrogens is 1. The number of fused-ring (bicyclic) bond motifs is 1. The van der Waals surface area contributed by atoms with E-state index >= 15 is 0 Å². The number of hydrogen-bond donors (Lipinski definition) is 3. The number of sulfonamides is 1. The minimum atomic E-state index is -4.15. The van der Waals surface area contributed by atoms with E-state index in [1.165, 1.54) is 11.0 Å². The van der Waals surface area contributed by atoms with E-state index in [1.54, 1.807) is 60.8 Å². The second kappa shape index (κ2) is 16.7. The molecule has 4 aliphatic rings. The minimum Gasteiger partial charge on any atom is -0.497 e. The van der Waals surface area contributed by atoms with Crippen molar-refractivity contribution in [3.8, 4) is 22.8 Å². The molecule has 3 fully saturated rings. The average Bonchev–Trinajstić information content (AvgIpc) is 4.14. The first kappa shape index (κ1) is 44.6. The quantitative estimate of drug-likeness (QED) is 0.156. The third-order valence-electron chi connectivity index (χ3n) is 12.3. The number of alkyl carbamates (subject to hydrolysis) is 1. The molecule has 2 heterocycles. The molecule has 332 valence electrons. The van der Waals surface area contributed by atoms with E-state index in [0.29, 0.717) is 47.4 Å². The van der Waals surface area contributed by atoms with Gasteiger partial charge in [0.1, 0.15) is 45.6 Å². The maximum Gasteiger partial charge on any atom is 0.408 e. The monoisotopic (exact) mass is 869 g/mol. The number of ether oxygens (including phenoxy) is 3. The number of pyridine rings is 1. The first-order chi connectivity index (χ1) is 29.2. The fourth-order valence-corrected chi connectivity index (χ4v) is 10.5. The van der Waals surface area contributed by atoms with Crippen molar-refractivity contribution in [2.24, 2.45) is 11.3 Å². The number of nitrogens with zero attached hydrogens (tertiary/aromatic N) is 2. The highest BCUT2D eigenvalue weighted by Crippen LogP contribution is 2.53. The third-order valence-corrected chi connectivity index (χ3v) is 14.5. The average molecular weight is 870 g/mol. The molecule has 5 atom stereocenters. The normalized spacial score (nSPS) is 23.6. The van der Waals surface area contributed by atoms with Crippen LogP contribution in [0.3, 0.4) is 0 Å². The van der Waals surface area contributed by atoms with Crippen molar-refractivity contribution in [3.63, 3.8) is 0 Å². The lowest BCUT2D eigenvalue weighted by atomic mass is 9.85. The van der Waals surface area contributed by atoms with Gasteiger partial charge in [-0.1, -0.05) is 68.8 Å². The highest BCUT2D eigenvalue weighted by molar-refractivity contribution is 7.92. The van der Waals surface area contributed by atoms with Gasteiger partial charge in [0.2, 0.25) is 21.8 Å². The summed E-state index contributed by atoms with van der Waals surface area (Å²) in [5, 5.41) is 6.32. The Bertz CT molecular complexity index is 2400. The molecule has 15 heteroatoms. The summed E-state index contributed by atoms with van der Waals surface area (Å²) in [4.78, 5) is 63.2. The van der Waals surface area contributed by atoms with Crippen molar-refractivity contribution in [1.82, 2.24) is 25.2 Å². The van der Waals surface area contributed by atoms with E-state index in [-0.39, 0.29) is 19.4 Å². The van der Waals surface area contributed by atoms with E-state index in [1.807, 2.05) is 48.5 Å². The molecule has 62 heavy (non-hydrogen) atoms. The van der Waals surface area contributed by atoms with Gasteiger partial charge in [0.15, 0.2) is 0 Å². The molecule has 1 aliphatic heterocycles. The van der Waals surface area contributed by atoms with Crippen LogP contribution in [0.15, 0.2) is 78.9 Å². The van der Waals surface area contributed by atoms with Crippen molar-refractivity contribution >= 4 is 44.7 Å². The Morgan fingerprint density at radius 2 is 1.73 bits per heavy atom. The molecule has 3 aliphatic carbocycles. The van der Waals surface area contributed by atoms with Crippen LogP contribution in [0.5, 0.6) is 11.5 Å². The summed E-state index contributed by atoms with van der Waals surface area (Å²) < 4.78 is 46.9. The predicted octanol–water partition coefficient (Wildman–Crippen LogP) is 6.74. The summed E-state index contributed by atoms with van der Waals surface area (Å²) in [5.41, 5.74) is -0.369. The highest BCUT2D eigenvalue weighted by Gasteiger charge is 2.64. The van der Waals surface area contributed by atoms with Crippen molar-refractivity contribution in [1.29, 1.82) is 0 Å². The fourth-order valence-electron chi connectivity index (χ4n) is 8.73. The molecule has 14 nitrogen and oxygen atoms in total. The summed E-state index contributed by atoms with van der Waals surface area (Å²) in [7, 11) is -2.57. The molecule has 1 aromatic heterocycles. The Labute approximate surface area is 364 Å². The van der Waals surface area contributed by atoms with Crippen molar-refractivity contribution in [2.45, 2.75) is 127 Å². The molecule has 0 spiro atoms. The number of nitrogens with one attached hydrogen (secondary N) is 3. The fraction of sp³-hybridized carbons (Fsp3) is 0.511. The zero-order chi connectivity index (χ0) is 44.8. The first-order valence-electron chi connectivity index (χ1n) is 21.4. The summed E-state index contributed by atoms with van der Waals surface area (Å²) in [6.45, 7) is 14.3. The number of likely N-dealkylation sites (tertiary alicyclic amines) is 1. The molecular formula is C47H59N5O9S. The Hall–Kier alpha value is -5.44. The van der Waals surface area contributed by atoms with Gasteiger partial charge in [0.25, 0.3) is 5.91 Å². The number of carbonyl (C=O) groups excluding carboxylic acids is 4. The second-order valence-corrected chi connectivity index (χ2v) is 21.1. The molecule has 1 saturated heterocycles. The number of hydrogen-bond acceptors (Lipinski definition) is 10. The smallest absolute Gasteiger partial charge is 0.408 e. The zero-order valence-corrected chi connectivity index (χ0v) is 37.5. The topological polar surface area (TPSA) is 182 Å². The molecule has 4 amide bonds. The molecular weight excluding hydrogens is 811 g/mol. The van der Waals surface area contributed by atoms with E-state index in [0.717, 1.165) is 30.4 Å². The molecule has 0 bridgehead atoms. The van der Waals surface area contributed by atoms with Crippen LogP contribution in [-0.2, 0) is 29.1 Å². The van der Waals surface area contributed by atoms with Crippen LogP contribution in [0.2, 0.25) is 0 Å². The lowest BCUT2D eigenvalue weighted by molar-refractivity contribution is -0.143. The predicted molar refractivity (Wildman–Crippen MR) is 236 cm³/mol. The van der Waals surface area contributed by atoms with Crippen molar-refractivity contribution < 1.29 is 41.8 Å². The molecule has 3 aromatic rings. The molecule has 2 unspecified atom stereocenters. The van der Waals surface area contributed by atoms with Crippen LogP contribution < -0.4 is 24.8 Å². The number of allylic oxidation sites excluding steroid dienone is 1. The van der Waals surface area contributed by atoms with Crippen molar-refractivity contribution in [3.05, 3.63) is 78.9 Å². The van der Waals surface area contributed by atoms with Gasteiger partial charge in [0, 0.05) is 35.4 Å². The van der Waals surface area contributed by atoms with Crippen LogP contribution in [0.25, 0.3) is 22.2 Å². The minimum absolute atomic E-state index is 0.00747. The summed E-state index contributed by atoms with van der Waals surface area (Å²) >= 11 is 0. The van der Waals surface area contributed by atoms with Gasteiger partial charge in [-0.05, 0) is 83.3 Å². The largest absolute Gasteiger partial charge is 0.497 e. The highest BCUT2D eigenvalue weighted by atomic mass is 32.2. The summed E-state index contributed by atoms with van der Waals surface area (Å²) in [5.74, 6) is -1.56. The zero-order valence-electron chi connectivity index (χ0n) is 36.7. The number of benzene rings is 2. The van der Waals surface area contributed by atoms with Gasteiger partial charge < -0.3 is 29.7 Å². The second-order valence-electron chi connectivity index (χ2n) is 19.1. The molecule has 7 rings (SSSR count). The van der Waals surface area contributed by atoms with Gasteiger partial charge in [-0.3, -0.25) is 19.1 Å². The Morgan fingerprint density at radius 1 is 1.00 bits per heavy atom. The summed E-state index contributed by atoms with van der Waals surface area (Å²) in [6.07, 6.45) is 6.29. The SMILES string of the molecule is C=CC1CC1(NC(=O)[C@@H]1C[C@@H](Oc2cc(-c3ccccc3)nc3cc(OC)ccc23)CN1C(=O)[C@@H](NC(=O)OC(C)(C)C)C(C)(C)C)C(=O)NS(=O)(=O)C1(C2=CCCCC2)CC1. The van der Waals surface area contributed by atoms with E-state index in [4.69, 9.17) is 19.2 Å². The number of rotatable bonds is 13.